The topological polar surface area (TPSA) is 83.9 Å². The minimum Gasteiger partial charge on any atom is -0.465 e. The van der Waals surface area contributed by atoms with E-state index in [1.807, 2.05) is 0 Å². The molecule has 0 bridgehead atoms. The Morgan fingerprint density at radius 2 is 2.00 bits per heavy atom. The number of amides is 1. The summed E-state index contributed by atoms with van der Waals surface area (Å²) < 4.78 is 60.7. The third-order valence-corrected chi connectivity index (χ3v) is 3.05. The molecule has 1 rings (SSSR count). The fourth-order valence-corrected chi connectivity index (χ4v) is 1.84. The predicted molar refractivity (Wildman–Crippen MR) is 44.1 cm³/mol. The maximum atomic E-state index is 11.9. The van der Waals surface area contributed by atoms with Crippen LogP contribution in [0.2, 0.25) is 0 Å². The Bertz CT molecular complexity index is 378. The van der Waals surface area contributed by atoms with Crippen molar-refractivity contribution in [1.82, 2.24) is 4.90 Å². The van der Waals surface area contributed by atoms with Crippen molar-refractivity contribution in [3.05, 3.63) is 0 Å². The van der Waals surface area contributed by atoms with Crippen LogP contribution in [-0.2, 0) is 14.3 Å². The van der Waals surface area contributed by atoms with Gasteiger partial charge in [-0.05, 0) is 6.42 Å². The monoisotopic (exact) mass is 263 g/mol. The molecule has 0 aliphatic carbocycles. The molecule has 6 nitrogen and oxygen atoms in total. The summed E-state index contributed by atoms with van der Waals surface area (Å²) in [5, 5.41) is 8.49. The van der Waals surface area contributed by atoms with Crippen LogP contribution < -0.4 is 0 Å². The van der Waals surface area contributed by atoms with Crippen LogP contribution in [-0.4, -0.2) is 49.2 Å². The van der Waals surface area contributed by atoms with Crippen molar-refractivity contribution in [2.24, 2.45) is 0 Å². The first kappa shape index (κ1) is 13.0. The molecule has 0 spiro atoms. The normalized spacial score (nSPS) is 22.4. The lowest BCUT2D eigenvalue weighted by Crippen LogP contribution is -2.33. The van der Waals surface area contributed by atoms with Crippen LogP contribution in [0.3, 0.4) is 0 Å². The molecule has 1 heterocycles. The summed E-state index contributed by atoms with van der Waals surface area (Å²) in [7, 11) is -5.65. The molecule has 0 aromatic carbocycles. The van der Waals surface area contributed by atoms with Crippen molar-refractivity contribution in [2.45, 2.75) is 18.0 Å². The van der Waals surface area contributed by atoms with Crippen LogP contribution in [0.1, 0.15) is 6.42 Å². The van der Waals surface area contributed by atoms with E-state index in [0.29, 0.717) is 0 Å². The van der Waals surface area contributed by atoms with E-state index < -0.39 is 27.8 Å². The van der Waals surface area contributed by atoms with Gasteiger partial charge in [-0.1, -0.05) is 0 Å². The molecule has 1 N–H and O–H groups in total. The Morgan fingerprint density at radius 3 is 2.38 bits per heavy atom. The average molecular weight is 263 g/mol. The number of nitrogens with zero attached hydrogens (tertiary/aromatic N) is 1. The van der Waals surface area contributed by atoms with Crippen molar-refractivity contribution in [3.63, 3.8) is 0 Å². The van der Waals surface area contributed by atoms with Crippen molar-refractivity contribution >= 4 is 16.2 Å². The Hall–Kier alpha value is -1.03. The van der Waals surface area contributed by atoms with E-state index in [9.17, 15) is 26.4 Å². The number of hydrogen-bond donors (Lipinski definition) is 1. The third-order valence-electron chi connectivity index (χ3n) is 1.96. The predicted octanol–water partition coefficient (Wildman–Crippen LogP) is 0.605. The lowest BCUT2D eigenvalue weighted by Gasteiger charge is -2.14. The summed E-state index contributed by atoms with van der Waals surface area (Å²) in [6, 6.07) is 0. The van der Waals surface area contributed by atoms with Gasteiger partial charge in [-0.3, -0.25) is 4.18 Å². The molecule has 0 aromatic rings. The van der Waals surface area contributed by atoms with Crippen molar-refractivity contribution in [1.29, 1.82) is 0 Å². The maximum Gasteiger partial charge on any atom is 0.523 e. The van der Waals surface area contributed by atoms with E-state index in [1.165, 1.54) is 0 Å². The number of hydrogen-bond acceptors (Lipinski definition) is 4. The molecule has 94 valence electrons. The molecule has 1 fully saturated rings. The van der Waals surface area contributed by atoms with Gasteiger partial charge in [0.05, 0.1) is 12.6 Å². The Balaban J connectivity index is 2.62. The van der Waals surface area contributed by atoms with Crippen LogP contribution in [0.4, 0.5) is 18.0 Å². The van der Waals surface area contributed by atoms with E-state index in [-0.39, 0.29) is 19.5 Å². The summed E-state index contributed by atoms with van der Waals surface area (Å²) in [5.74, 6) is 0. The first-order chi connectivity index (χ1) is 7.13. The van der Waals surface area contributed by atoms with Crippen LogP contribution in [0.15, 0.2) is 0 Å². The zero-order chi connectivity index (χ0) is 12.6. The number of alkyl halides is 3. The van der Waals surface area contributed by atoms with Gasteiger partial charge in [-0.2, -0.15) is 21.6 Å². The van der Waals surface area contributed by atoms with Gasteiger partial charge in [0.25, 0.3) is 0 Å². The summed E-state index contributed by atoms with van der Waals surface area (Å²) in [6.45, 7) is -0.433. The molecular formula is C6H8F3NO5S. The molecule has 0 saturated carbocycles. The molecule has 1 aliphatic heterocycles. The van der Waals surface area contributed by atoms with Gasteiger partial charge in [0.15, 0.2) is 0 Å². The summed E-state index contributed by atoms with van der Waals surface area (Å²) in [5.41, 5.74) is -5.48. The molecule has 16 heavy (non-hydrogen) atoms. The molecule has 1 amide bonds. The van der Waals surface area contributed by atoms with Crippen LogP contribution in [0.5, 0.6) is 0 Å². The lowest BCUT2D eigenvalue weighted by molar-refractivity contribution is -0.0569. The van der Waals surface area contributed by atoms with Gasteiger partial charge in [-0.25, -0.2) is 4.79 Å². The summed E-state index contributed by atoms with van der Waals surface area (Å²) >= 11 is 0. The van der Waals surface area contributed by atoms with E-state index >= 15 is 0 Å². The number of halogens is 3. The van der Waals surface area contributed by atoms with Gasteiger partial charge < -0.3 is 10.0 Å². The molecule has 1 atom stereocenters. The maximum absolute atomic E-state index is 11.9. The van der Waals surface area contributed by atoms with Crippen LogP contribution in [0, 0.1) is 0 Å². The quantitative estimate of drug-likeness (QED) is 0.582. The highest BCUT2D eigenvalue weighted by Crippen LogP contribution is 2.27. The van der Waals surface area contributed by atoms with Crippen molar-refractivity contribution in [2.75, 3.05) is 13.1 Å². The first-order valence-electron chi connectivity index (χ1n) is 4.11. The van der Waals surface area contributed by atoms with E-state index in [4.69, 9.17) is 5.11 Å². The van der Waals surface area contributed by atoms with Gasteiger partial charge in [0.1, 0.15) is 0 Å². The van der Waals surface area contributed by atoms with E-state index in [0.717, 1.165) is 4.90 Å². The first-order valence-corrected chi connectivity index (χ1v) is 5.52. The van der Waals surface area contributed by atoms with E-state index in [2.05, 4.69) is 4.18 Å². The molecule has 1 aliphatic rings. The zero-order valence-electron chi connectivity index (χ0n) is 7.77. The second-order valence-electron chi connectivity index (χ2n) is 3.14. The molecule has 0 radical (unpaired) electrons. The fraction of sp³-hybridized carbons (Fsp3) is 0.833. The second kappa shape index (κ2) is 4.09. The fourth-order valence-electron chi connectivity index (χ4n) is 1.21. The van der Waals surface area contributed by atoms with Gasteiger partial charge in [-0.15, -0.1) is 0 Å². The highest BCUT2D eigenvalue weighted by Gasteiger charge is 2.49. The number of rotatable bonds is 2. The third kappa shape index (κ3) is 2.76. The highest BCUT2D eigenvalue weighted by molar-refractivity contribution is 7.87. The minimum atomic E-state index is -5.65. The summed E-state index contributed by atoms with van der Waals surface area (Å²) in [4.78, 5) is 11.2. The smallest absolute Gasteiger partial charge is 0.465 e. The highest BCUT2D eigenvalue weighted by atomic mass is 32.2. The standard InChI is InChI=1S/C6H8F3NO5S/c7-6(8,9)16(13,14)15-4-1-2-10(3-4)5(11)12/h4H,1-3H2,(H,11,12)/t4-/m0/s1. The van der Waals surface area contributed by atoms with E-state index in [1.54, 1.807) is 0 Å². The molecule has 0 aromatic heterocycles. The molecule has 10 heteroatoms. The van der Waals surface area contributed by atoms with Crippen molar-refractivity contribution in [3.8, 4) is 0 Å². The van der Waals surface area contributed by atoms with Crippen LogP contribution >= 0.6 is 0 Å². The zero-order valence-corrected chi connectivity index (χ0v) is 8.58. The molecular weight excluding hydrogens is 255 g/mol. The van der Waals surface area contributed by atoms with Crippen molar-refractivity contribution < 1.29 is 35.7 Å². The number of carboxylic acid groups (broad SMARTS) is 1. The van der Waals surface area contributed by atoms with Gasteiger partial charge in [0.2, 0.25) is 0 Å². The molecule has 0 unspecified atom stereocenters. The molecule has 1 saturated heterocycles. The Kier molecular flexibility index (Phi) is 3.33. The summed E-state index contributed by atoms with van der Waals surface area (Å²) in [6.07, 6.45) is -2.68. The average Bonchev–Trinajstić information content (AvgIpc) is 2.49. The SMILES string of the molecule is O=C(O)N1CC[C@H](OS(=O)(=O)C(F)(F)F)C1. The number of carbonyl (C=O) groups is 1. The lowest BCUT2D eigenvalue weighted by atomic mass is 10.3. The Morgan fingerprint density at radius 1 is 1.44 bits per heavy atom. The second-order valence-corrected chi connectivity index (χ2v) is 4.70. The number of likely N-dealkylation sites (tertiary alicyclic amines) is 1. The minimum absolute atomic E-state index is 0.0482. The van der Waals surface area contributed by atoms with Gasteiger partial charge >= 0.3 is 21.7 Å². The largest absolute Gasteiger partial charge is 0.523 e. The van der Waals surface area contributed by atoms with Gasteiger partial charge in [0, 0.05) is 6.54 Å². The van der Waals surface area contributed by atoms with Crippen LogP contribution in [0.25, 0.3) is 0 Å². The Labute approximate surface area is 88.7 Å².